The smallest absolute Gasteiger partial charge is 0.0741 e. The summed E-state index contributed by atoms with van der Waals surface area (Å²) < 4.78 is 0. The topological polar surface area (TPSA) is 35.5 Å². The van der Waals surface area contributed by atoms with Gasteiger partial charge in [0.05, 0.1) is 5.60 Å². The van der Waals surface area contributed by atoms with Crippen LogP contribution in [-0.2, 0) is 0 Å². The molecule has 0 aromatic carbocycles. The summed E-state index contributed by atoms with van der Waals surface area (Å²) in [5.74, 6) is 0. The minimum absolute atomic E-state index is 0.150. The van der Waals surface area contributed by atoms with Crippen LogP contribution in [0.3, 0.4) is 0 Å². The predicted molar refractivity (Wildman–Crippen MR) is 77.9 cm³/mol. The van der Waals surface area contributed by atoms with E-state index in [4.69, 9.17) is 0 Å². The first-order valence-corrected chi connectivity index (χ1v) is 7.57. The summed E-state index contributed by atoms with van der Waals surface area (Å²) in [6, 6.07) is 0.961. The highest BCUT2D eigenvalue weighted by molar-refractivity contribution is 4.79. The molecule has 3 nitrogen and oxygen atoms in total. The molecular weight excluding hydrogens is 224 g/mol. The second kappa shape index (κ2) is 7.46. The molecular formula is C15H32N2O. The van der Waals surface area contributed by atoms with Crippen molar-refractivity contribution in [3.8, 4) is 0 Å². The Balaban J connectivity index is 2.10. The average Bonchev–Trinajstić information content (AvgIpc) is 2.34. The van der Waals surface area contributed by atoms with Crippen molar-refractivity contribution < 1.29 is 5.11 Å². The Kier molecular flexibility index (Phi) is 6.61. The van der Waals surface area contributed by atoms with Crippen LogP contribution >= 0.6 is 0 Å². The summed E-state index contributed by atoms with van der Waals surface area (Å²) in [6.07, 6.45) is 8.16. The lowest BCUT2D eigenvalue weighted by Crippen LogP contribution is -2.45. The van der Waals surface area contributed by atoms with Crippen LogP contribution in [0.4, 0.5) is 0 Å². The van der Waals surface area contributed by atoms with Crippen LogP contribution in [0.1, 0.15) is 59.3 Å². The molecule has 3 heteroatoms. The van der Waals surface area contributed by atoms with Crippen LogP contribution in [0.5, 0.6) is 0 Å². The SMILES string of the molecule is CC(NCCCN(C)C1CCCCC1)C(C)(C)O. The van der Waals surface area contributed by atoms with Gasteiger partial charge in [-0.05, 0) is 60.2 Å². The van der Waals surface area contributed by atoms with Crippen LogP contribution in [-0.4, -0.2) is 47.8 Å². The molecule has 0 aromatic heterocycles. The molecule has 0 bridgehead atoms. The molecule has 18 heavy (non-hydrogen) atoms. The normalized spacial score (nSPS) is 20.3. The largest absolute Gasteiger partial charge is 0.389 e. The summed E-state index contributed by atoms with van der Waals surface area (Å²) in [6.45, 7) is 7.92. The third-order valence-electron chi connectivity index (χ3n) is 4.40. The number of hydrogen-bond acceptors (Lipinski definition) is 3. The summed E-state index contributed by atoms with van der Waals surface area (Å²) in [5.41, 5.74) is -0.630. The Bertz CT molecular complexity index is 219. The minimum atomic E-state index is -0.630. The summed E-state index contributed by atoms with van der Waals surface area (Å²) >= 11 is 0. The fourth-order valence-electron chi connectivity index (χ4n) is 2.60. The molecule has 0 aliphatic heterocycles. The highest BCUT2D eigenvalue weighted by atomic mass is 16.3. The molecule has 0 amide bonds. The standard InChI is InChI=1S/C15H32N2O/c1-13(15(2,3)18)16-11-8-12-17(4)14-9-6-5-7-10-14/h13-14,16,18H,5-12H2,1-4H3. The van der Waals surface area contributed by atoms with Crippen molar-refractivity contribution >= 4 is 0 Å². The molecule has 1 rings (SSSR count). The maximum atomic E-state index is 9.83. The Morgan fingerprint density at radius 1 is 1.28 bits per heavy atom. The number of nitrogens with one attached hydrogen (secondary N) is 1. The van der Waals surface area contributed by atoms with E-state index in [1.807, 2.05) is 20.8 Å². The monoisotopic (exact) mass is 256 g/mol. The second-order valence-corrected chi connectivity index (χ2v) is 6.46. The van der Waals surface area contributed by atoms with Gasteiger partial charge < -0.3 is 15.3 Å². The lowest BCUT2D eigenvalue weighted by atomic mass is 9.94. The quantitative estimate of drug-likeness (QED) is 0.687. The van der Waals surface area contributed by atoms with Crippen LogP contribution in [0.15, 0.2) is 0 Å². The van der Waals surface area contributed by atoms with Gasteiger partial charge in [-0.1, -0.05) is 19.3 Å². The van der Waals surface area contributed by atoms with Gasteiger partial charge in [0.15, 0.2) is 0 Å². The third-order valence-corrected chi connectivity index (χ3v) is 4.40. The first-order valence-electron chi connectivity index (χ1n) is 7.57. The number of hydrogen-bond donors (Lipinski definition) is 2. The van der Waals surface area contributed by atoms with E-state index >= 15 is 0 Å². The van der Waals surface area contributed by atoms with Crippen molar-refractivity contribution in [2.24, 2.45) is 0 Å². The van der Waals surface area contributed by atoms with E-state index in [2.05, 4.69) is 17.3 Å². The van der Waals surface area contributed by atoms with Crippen LogP contribution in [0.25, 0.3) is 0 Å². The van der Waals surface area contributed by atoms with Gasteiger partial charge in [-0.25, -0.2) is 0 Å². The zero-order valence-corrected chi connectivity index (χ0v) is 12.7. The second-order valence-electron chi connectivity index (χ2n) is 6.46. The van der Waals surface area contributed by atoms with Gasteiger partial charge in [-0.2, -0.15) is 0 Å². The fourth-order valence-corrected chi connectivity index (χ4v) is 2.60. The van der Waals surface area contributed by atoms with Crippen LogP contribution in [0.2, 0.25) is 0 Å². The maximum absolute atomic E-state index is 9.83. The van der Waals surface area contributed by atoms with Gasteiger partial charge in [0.1, 0.15) is 0 Å². The van der Waals surface area contributed by atoms with Crippen molar-refractivity contribution in [3.05, 3.63) is 0 Å². The molecule has 1 aliphatic rings. The summed E-state index contributed by atoms with van der Waals surface area (Å²) in [5, 5.41) is 13.2. The molecule has 0 spiro atoms. The number of aliphatic hydroxyl groups is 1. The molecule has 0 heterocycles. The zero-order chi connectivity index (χ0) is 13.6. The van der Waals surface area contributed by atoms with Crippen molar-refractivity contribution in [2.75, 3.05) is 20.1 Å². The molecule has 0 radical (unpaired) electrons. The van der Waals surface area contributed by atoms with Crippen molar-refractivity contribution in [3.63, 3.8) is 0 Å². The van der Waals surface area contributed by atoms with Gasteiger partial charge >= 0.3 is 0 Å². The molecule has 2 N–H and O–H groups in total. The van der Waals surface area contributed by atoms with Crippen LogP contribution in [0, 0.1) is 0 Å². The lowest BCUT2D eigenvalue weighted by Gasteiger charge is -2.31. The summed E-state index contributed by atoms with van der Waals surface area (Å²) in [4.78, 5) is 2.52. The van der Waals surface area contributed by atoms with E-state index in [0.717, 1.165) is 25.6 Å². The fraction of sp³-hybridized carbons (Fsp3) is 1.00. The van der Waals surface area contributed by atoms with Gasteiger partial charge in [0.25, 0.3) is 0 Å². The van der Waals surface area contributed by atoms with Gasteiger partial charge in [-0.15, -0.1) is 0 Å². The molecule has 1 atom stereocenters. The van der Waals surface area contributed by atoms with E-state index in [9.17, 15) is 5.11 Å². The first-order chi connectivity index (χ1) is 8.41. The minimum Gasteiger partial charge on any atom is -0.389 e. The van der Waals surface area contributed by atoms with E-state index in [1.54, 1.807) is 0 Å². The number of rotatable bonds is 7. The molecule has 1 saturated carbocycles. The molecule has 0 saturated heterocycles. The Morgan fingerprint density at radius 2 is 1.89 bits per heavy atom. The molecule has 1 fully saturated rings. The lowest BCUT2D eigenvalue weighted by molar-refractivity contribution is 0.0440. The summed E-state index contributed by atoms with van der Waals surface area (Å²) in [7, 11) is 2.26. The van der Waals surface area contributed by atoms with E-state index in [-0.39, 0.29) is 6.04 Å². The van der Waals surface area contributed by atoms with E-state index in [0.29, 0.717) is 0 Å². The average molecular weight is 256 g/mol. The van der Waals surface area contributed by atoms with Gasteiger partial charge in [0, 0.05) is 12.1 Å². The highest BCUT2D eigenvalue weighted by Crippen LogP contribution is 2.21. The Labute approximate surface area is 113 Å². The van der Waals surface area contributed by atoms with E-state index in [1.165, 1.54) is 32.1 Å². The Hall–Kier alpha value is -0.120. The predicted octanol–water partition coefficient (Wildman–Crippen LogP) is 2.39. The van der Waals surface area contributed by atoms with Crippen molar-refractivity contribution in [1.29, 1.82) is 0 Å². The first kappa shape index (κ1) is 15.9. The zero-order valence-electron chi connectivity index (χ0n) is 12.7. The maximum Gasteiger partial charge on any atom is 0.0741 e. The van der Waals surface area contributed by atoms with E-state index < -0.39 is 5.60 Å². The van der Waals surface area contributed by atoms with Gasteiger partial charge in [0.2, 0.25) is 0 Å². The molecule has 0 aromatic rings. The van der Waals surface area contributed by atoms with Crippen LogP contribution < -0.4 is 5.32 Å². The molecule has 108 valence electrons. The molecule has 1 unspecified atom stereocenters. The third kappa shape index (κ3) is 5.68. The van der Waals surface area contributed by atoms with Crippen molar-refractivity contribution in [1.82, 2.24) is 10.2 Å². The number of nitrogens with zero attached hydrogens (tertiary/aromatic N) is 1. The molecule has 1 aliphatic carbocycles. The van der Waals surface area contributed by atoms with Gasteiger partial charge in [-0.3, -0.25) is 0 Å². The Morgan fingerprint density at radius 3 is 2.44 bits per heavy atom. The van der Waals surface area contributed by atoms with Crippen molar-refractivity contribution in [2.45, 2.75) is 77.0 Å². The highest BCUT2D eigenvalue weighted by Gasteiger charge is 2.21.